The summed E-state index contributed by atoms with van der Waals surface area (Å²) in [5.74, 6) is -5.16. The molecule has 3 aliphatic heterocycles. The van der Waals surface area contributed by atoms with Crippen LogP contribution in [-0.4, -0.2) is 117 Å². The van der Waals surface area contributed by atoms with Gasteiger partial charge in [0.2, 0.25) is 11.8 Å². The number of unbranched alkanes of at least 4 members (excludes halogenated alkanes) is 2. The molecule has 9 rings (SSSR count). The lowest BCUT2D eigenvalue weighted by atomic mass is 9.81. The van der Waals surface area contributed by atoms with Gasteiger partial charge < -0.3 is 34.7 Å². The number of benzene rings is 2. The number of imide groups is 1. The van der Waals surface area contributed by atoms with Crippen molar-refractivity contribution in [1.82, 2.24) is 30.0 Å². The first-order chi connectivity index (χ1) is 38.3. The number of hydrogen-bond acceptors (Lipinski definition) is 14. The smallest absolute Gasteiger partial charge is 0.343 e. The van der Waals surface area contributed by atoms with E-state index in [1.54, 1.807) is 50.9 Å². The molecule has 1 saturated carbocycles. The molecular formula is C60H67FN6O13. The van der Waals surface area contributed by atoms with Crippen LogP contribution < -0.4 is 16.2 Å². The number of halogens is 1. The lowest BCUT2D eigenvalue weighted by Gasteiger charge is -2.36. The van der Waals surface area contributed by atoms with E-state index in [9.17, 15) is 53.1 Å². The van der Waals surface area contributed by atoms with Gasteiger partial charge in [-0.3, -0.25) is 48.1 Å². The van der Waals surface area contributed by atoms with Crippen molar-refractivity contribution in [3.05, 3.63) is 109 Å². The van der Waals surface area contributed by atoms with E-state index in [1.807, 2.05) is 18.2 Å². The van der Waals surface area contributed by atoms with Gasteiger partial charge in [0.25, 0.3) is 23.3 Å². The quantitative estimate of drug-likeness (QED) is 0.0374. The molecule has 4 aromatic rings. The van der Waals surface area contributed by atoms with Gasteiger partial charge in [-0.05, 0) is 99.5 Å². The zero-order chi connectivity index (χ0) is 57.2. The molecule has 3 N–H and O–H groups in total. The fraction of sp³-hybridized carbons (Fsp3) is 0.483. The number of nitrogens with one attached hydrogen (secondary N) is 2. The second-order valence-corrected chi connectivity index (χ2v) is 21.8. The predicted molar refractivity (Wildman–Crippen MR) is 288 cm³/mol. The molecule has 19 nitrogen and oxygen atoms in total. The number of likely N-dealkylation sites (N-methyl/N-ethyl adjacent to an activating group) is 1. The molecule has 5 amide bonds. The highest BCUT2D eigenvalue weighted by Crippen LogP contribution is 2.48. The standard InChI is InChI=1S/C60H67FN6O13/c1-5-60(78)44-27-48-53-42(31-67(48)57(75)43(44)32-80-59(60)77)52-47(19-18-41-34(3)45(61)28-46(64-53)51(41)52)65(4)58(76)54(36-15-16-36)79-23-21-39(69)29-63-55(73)37(25-35-12-8-6-9-13-35)26-40(70)30-62-49(71)20-17-38(68)14-10-7-11-22-66-50(72)24-33(2)56(66)74/h6,8-9,12-13,24,27-28,36-37,47,54,78H,5,7,10-11,14-23,25-26,29-32H2,1-4H3,(H,62,71)(H,63,73)/t37-,47+,54?,60+/m1/s1. The van der Waals surface area contributed by atoms with Crippen molar-refractivity contribution in [3.63, 3.8) is 0 Å². The number of ketones is 3. The molecule has 0 bridgehead atoms. The molecule has 5 aliphatic rings. The molecule has 422 valence electrons. The van der Waals surface area contributed by atoms with Gasteiger partial charge in [-0.2, -0.15) is 0 Å². The largest absolute Gasteiger partial charge is 0.458 e. The molecule has 1 unspecified atom stereocenters. The highest BCUT2D eigenvalue weighted by atomic mass is 19.1. The van der Waals surface area contributed by atoms with E-state index >= 15 is 4.39 Å². The Bertz CT molecular complexity index is 3310. The van der Waals surface area contributed by atoms with Crippen LogP contribution in [-0.2, 0) is 84.2 Å². The molecular weight excluding hydrogens is 1030 g/mol. The van der Waals surface area contributed by atoms with Crippen LogP contribution in [0.1, 0.15) is 136 Å². The lowest BCUT2D eigenvalue weighted by molar-refractivity contribution is -0.172. The molecule has 5 heterocycles. The summed E-state index contributed by atoms with van der Waals surface area (Å²) in [6.45, 7) is 4.14. The van der Waals surface area contributed by atoms with E-state index in [0.29, 0.717) is 71.1 Å². The number of esters is 1. The number of fused-ring (bicyclic) bond motifs is 5. The number of rotatable bonds is 26. The van der Waals surface area contributed by atoms with Gasteiger partial charge >= 0.3 is 5.97 Å². The van der Waals surface area contributed by atoms with Crippen molar-refractivity contribution in [1.29, 1.82) is 0 Å². The summed E-state index contributed by atoms with van der Waals surface area (Å²) in [5, 5.41) is 17.4. The summed E-state index contributed by atoms with van der Waals surface area (Å²) in [5.41, 5.74) is 2.72. The summed E-state index contributed by atoms with van der Waals surface area (Å²) in [6, 6.07) is 11.5. The number of amides is 5. The van der Waals surface area contributed by atoms with E-state index in [-0.39, 0.29) is 131 Å². The third kappa shape index (κ3) is 11.8. The Hall–Kier alpha value is -7.58. The minimum Gasteiger partial charge on any atom is -0.458 e. The van der Waals surface area contributed by atoms with Crippen LogP contribution in [0, 0.1) is 24.6 Å². The lowest BCUT2D eigenvalue weighted by Crippen LogP contribution is -2.44. The van der Waals surface area contributed by atoms with Crippen molar-refractivity contribution in [3.8, 4) is 11.4 Å². The third-order valence-corrected chi connectivity index (χ3v) is 16.4. The number of carbonyl (C=O) groups excluding carboxylic acids is 9. The SMILES string of the molecule is CC[C@@]1(O)C(=O)OCc2c1cc1n(c2=O)Cc2c-1nc1cc(F)c(C)c3c1c2[C@@H](N(C)C(=O)C(OCCC(=O)CNC(=O)[C@@H](CC(=O)CNC(=O)CCC(=O)CCCCCN1C(=O)C=C(C)C1=O)Cc1ccccc1)C1CC1)CC3. The number of hydrogen-bond donors (Lipinski definition) is 3. The summed E-state index contributed by atoms with van der Waals surface area (Å²) < 4.78 is 28.6. The monoisotopic (exact) mass is 1100 g/mol. The summed E-state index contributed by atoms with van der Waals surface area (Å²) >= 11 is 0. The first-order valence-electron chi connectivity index (χ1n) is 27.7. The van der Waals surface area contributed by atoms with E-state index in [1.165, 1.54) is 21.6 Å². The average molecular weight is 1100 g/mol. The van der Waals surface area contributed by atoms with Crippen LogP contribution in [0.3, 0.4) is 0 Å². The van der Waals surface area contributed by atoms with Crippen LogP contribution in [0.4, 0.5) is 4.39 Å². The van der Waals surface area contributed by atoms with E-state index in [0.717, 1.165) is 29.5 Å². The molecule has 2 aliphatic carbocycles. The van der Waals surface area contributed by atoms with Crippen LogP contribution in [0.5, 0.6) is 0 Å². The van der Waals surface area contributed by atoms with E-state index < -0.39 is 58.6 Å². The maximum atomic E-state index is 15.6. The van der Waals surface area contributed by atoms with E-state index in [4.69, 9.17) is 14.5 Å². The highest BCUT2D eigenvalue weighted by molar-refractivity contribution is 6.15. The minimum absolute atomic E-state index is 0.0189. The Labute approximate surface area is 461 Å². The fourth-order valence-electron chi connectivity index (χ4n) is 11.6. The van der Waals surface area contributed by atoms with Gasteiger partial charge in [-0.25, -0.2) is 14.2 Å². The summed E-state index contributed by atoms with van der Waals surface area (Å²) in [6.07, 6.45) is 4.34. The number of carbonyl (C=O) groups is 9. The van der Waals surface area contributed by atoms with Gasteiger partial charge in [0.15, 0.2) is 17.2 Å². The van der Waals surface area contributed by atoms with Crippen molar-refractivity contribution in [2.75, 3.05) is 33.3 Å². The third-order valence-electron chi connectivity index (χ3n) is 16.4. The Morgan fingerprint density at radius 2 is 1.65 bits per heavy atom. The number of Topliss-reactive ketones (excluding diaryl/α,β-unsaturated/α-hetero) is 3. The molecule has 2 aromatic heterocycles. The summed E-state index contributed by atoms with van der Waals surface area (Å²) in [4.78, 5) is 139. The molecule has 4 atom stereocenters. The summed E-state index contributed by atoms with van der Waals surface area (Å²) in [7, 11) is 1.69. The van der Waals surface area contributed by atoms with Crippen molar-refractivity contribution < 1.29 is 62.1 Å². The number of aromatic nitrogens is 2. The molecule has 80 heavy (non-hydrogen) atoms. The maximum Gasteiger partial charge on any atom is 0.343 e. The Morgan fingerprint density at radius 1 is 0.900 bits per heavy atom. The highest BCUT2D eigenvalue weighted by Gasteiger charge is 2.47. The maximum absolute atomic E-state index is 15.6. The van der Waals surface area contributed by atoms with E-state index in [2.05, 4.69) is 10.6 Å². The second kappa shape index (κ2) is 24.0. The van der Waals surface area contributed by atoms with Crippen molar-refractivity contribution in [2.45, 2.75) is 142 Å². The zero-order valence-electron chi connectivity index (χ0n) is 45.6. The predicted octanol–water partition coefficient (Wildman–Crippen LogP) is 5.00. The molecule has 2 aromatic carbocycles. The molecule has 20 heteroatoms. The zero-order valence-corrected chi connectivity index (χ0v) is 45.6. The molecule has 0 saturated heterocycles. The number of aryl methyl sites for hydroxylation is 1. The first-order valence-corrected chi connectivity index (χ1v) is 27.7. The normalized spacial score (nSPS) is 18.7. The number of cyclic esters (lactones) is 1. The minimum atomic E-state index is -2.05. The van der Waals surface area contributed by atoms with Crippen LogP contribution in [0.2, 0.25) is 0 Å². The Kier molecular flexibility index (Phi) is 17.2. The second-order valence-electron chi connectivity index (χ2n) is 21.8. The van der Waals surface area contributed by atoms with Crippen LogP contribution in [0.25, 0.3) is 22.3 Å². The van der Waals surface area contributed by atoms with Gasteiger partial charge in [-0.15, -0.1) is 0 Å². The number of aliphatic hydroxyl groups is 1. The van der Waals surface area contributed by atoms with Crippen molar-refractivity contribution in [2.24, 2.45) is 11.8 Å². The number of pyridine rings is 2. The fourth-order valence-corrected chi connectivity index (χ4v) is 11.6. The van der Waals surface area contributed by atoms with Crippen LogP contribution >= 0.6 is 0 Å². The van der Waals surface area contributed by atoms with Crippen LogP contribution in [0.15, 0.2) is 58.9 Å². The van der Waals surface area contributed by atoms with Gasteiger partial charge in [0, 0.05) is 85.8 Å². The topological polar surface area (TPSA) is 258 Å². The van der Waals surface area contributed by atoms with Gasteiger partial charge in [0.1, 0.15) is 24.3 Å². The molecule has 0 radical (unpaired) electrons. The molecule has 1 fully saturated rings. The first kappa shape index (κ1) is 57.1. The number of ether oxygens (including phenoxy) is 2. The number of nitrogens with zero attached hydrogens (tertiary/aromatic N) is 4. The Balaban J connectivity index is 0.784. The van der Waals surface area contributed by atoms with Gasteiger partial charge in [-0.1, -0.05) is 43.7 Å². The van der Waals surface area contributed by atoms with Crippen molar-refractivity contribution >= 4 is 63.8 Å². The molecule has 0 spiro atoms. The van der Waals surface area contributed by atoms with Gasteiger partial charge in [0.05, 0.1) is 54.8 Å². The average Bonchev–Trinajstić information content (AvgIpc) is 4.35. The Morgan fingerprint density at radius 3 is 2.36 bits per heavy atom.